The van der Waals surface area contributed by atoms with Crippen LogP contribution in [0.3, 0.4) is 0 Å². The zero-order valence-electron chi connectivity index (χ0n) is 12.3. The van der Waals surface area contributed by atoms with Gasteiger partial charge in [0.05, 0.1) is 6.61 Å². The number of carbonyl (C=O) groups excluding carboxylic acids is 1. The van der Waals surface area contributed by atoms with Gasteiger partial charge in [-0.05, 0) is 37.6 Å². The number of hydrogen-bond donors (Lipinski definition) is 0. The van der Waals surface area contributed by atoms with Gasteiger partial charge in [0.2, 0.25) is 0 Å². The Hall–Kier alpha value is -1.88. The van der Waals surface area contributed by atoms with Crippen LogP contribution in [-0.2, 0) is 9.53 Å². The number of nitrogens with zero attached hydrogens (tertiary/aromatic N) is 1. The maximum absolute atomic E-state index is 11.4. The SMILES string of the molecule is CCCCOC(=O)COc1ccc(-c2nc(C)cs2)cc1. The van der Waals surface area contributed by atoms with Gasteiger partial charge in [0.15, 0.2) is 6.61 Å². The number of aryl methyl sites for hydroxylation is 1. The Labute approximate surface area is 128 Å². The van der Waals surface area contributed by atoms with Gasteiger partial charge in [-0.2, -0.15) is 0 Å². The third-order valence-corrected chi connectivity index (χ3v) is 3.85. The summed E-state index contributed by atoms with van der Waals surface area (Å²) in [5.74, 6) is 0.322. The van der Waals surface area contributed by atoms with Crippen molar-refractivity contribution in [1.82, 2.24) is 4.98 Å². The first-order valence-corrected chi connectivity index (χ1v) is 7.88. The molecule has 0 aliphatic heterocycles. The molecule has 2 aromatic rings. The lowest BCUT2D eigenvalue weighted by Gasteiger charge is -2.07. The largest absolute Gasteiger partial charge is 0.482 e. The van der Waals surface area contributed by atoms with Crippen molar-refractivity contribution in [3.63, 3.8) is 0 Å². The molecule has 112 valence electrons. The second-order valence-corrected chi connectivity index (χ2v) is 5.54. The first-order chi connectivity index (χ1) is 10.2. The molecule has 0 saturated carbocycles. The lowest BCUT2D eigenvalue weighted by atomic mass is 10.2. The molecule has 0 N–H and O–H groups in total. The van der Waals surface area contributed by atoms with Crippen LogP contribution in [0.15, 0.2) is 29.6 Å². The van der Waals surface area contributed by atoms with Gasteiger partial charge in [-0.15, -0.1) is 11.3 Å². The molecule has 2 rings (SSSR count). The molecule has 21 heavy (non-hydrogen) atoms. The highest BCUT2D eigenvalue weighted by atomic mass is 32.1. The molecule has 0 bridgehead atoms. The van der Waals surface area contributed by atoms with E-state index in [1.54, 1.807) is 11.3 Å². The minimum atomic E-state index is -0.330. The molecule has 0 fully saturated rings. The second-order valence-electron chi connectivity index (χ2n) is 4.68. The number of unbranched alkanes of at least 4 members (excludes halogenated alkanes) is 1. The first-order valence-electron chi connectivity index (χ1n) is 7.00. The van der Waals surface area contributed by atoms with Crippen molar-refractivity contribution in [2.75, 3.05) is 13.2 Å². The van der Waals surface area contributed by atoms with Crippen molar-refractivity contribution in [2.24, 2.45) is 0 Å². The first kappa shape index (κ1) is 15.5. The molecule has 1 heterocycles. The fourth-order valence-electron chi connectivity index (χ4n) is 1.69. The van der Waals surface area contributed by atoms with Gasteiger partial charge in [0, 0.05) is 16.6 Å². The van der Waals surface area contributed by atoms with E-state index in [1.165, 1.54) is 0 Å². The Balaban J connectivity index is 1.84. The van der Waals surface area contributed by atoms with Crippen molar-refractivity contribution in [3.8, 4) is 16.3 Å². The fourth-order valence-corrected chi connectivity index (χ4v) is 2.50. The average Bonchev–Trinajstić information content (AvgIpc) is 2.92. The molecule has 0 aliphatic carbocycles. The molecule has 0 saturated heterocycles. The number of rotatable bonds is 7. The highest BCUT2D eigenvalue weighted by Crippen LogP contribution is 2.25. The molecule has 0 amide bonds. The molecular formula is C16H19NO3S. The summed E-state index contributed by atoms with van der Waals surface area (Å²) in [4.78, 5) is 15.9. The Bertz CT molecular complexity index is 577. The molecule has 4 nitrogen and oxygen atoms in total. The minimum Gasteiger partial charge on any atom is -0.482 e. The molecule has 0 radical (unpaired) electrons. The van der Waals surface area contributed by atoms with E-state index in [-0.39, 0.29) is 12.6 Å². The molecule has 0 aliphatic rings. The Kier molecular flexibility index (Phi) is 5.75. The minimum absolute atomic E-state index is 0.0561. The van der Waals surface area contributed by atoms with Crippen LogP contribution in [-0.4, -0.2) is 24.2 Å². The number of carbonyl (C=O) groups is 1. The maximum Gasteiger partial charge on any atom is 0.344 e. The monoisotopic (exact) mass is 305 g/mol. The lowest BCUT2D eigenvalue weighted by molar-refractivity contribution is -0.146. The summed E-state index contributed by atoms with van der Waals surface area (Å²) in [7, 11) is 0. The molecule has 5 heteroatoms. The van der Waals surface area contributed by atoms with Crippen LogP contribution in [0.5, 0.6) is 5.75 Å². The predicted molar refractivity (Wildman–Crippen MR) is 83.6 cm³/mol. The number of benzene rings is 1. The van der Waals surface area contributed by atoms with Gasteiger partial charge in [0.25, 0.3) is 0 Å². The normalized spacial score (nSPS) is 10.4. The van der Waals surface area contributed by atoms with Crippen LogP contribution in [0.2, 0.25) is 0 Å². The van der Waals surface area contributed by atoms with Gasteiger partial charge in [-0.1, -0.05) is 13.3 Å². The zero-order chi connectivity index (χ0) is 15.1. The van der Waals surface area contributed by atoms with E-state index in [0.717, 1.165) is 29.1 Å². The lowest BCUT2D eigenvalue weighted by Crippen LogP contribution is -2.15. The summed E-state index contributed by atoms with van der Waals surface area (Å²) in [5, 5.41) is 3.00. The van der Waals surface area contributed by atoms with Crippen molar-refractivity contribution in [3.05, 3.63) is 35.3 Å². The number of aromatic nitrogens is 1. The summed E-state index contributed by atoms with van der Waals surface area (Å²) >= 11 is 1.61. The second kappa shape index (κ2) is 7.78. The molecule has 0 unspecified atom stereocenters. The number of esters is 1. The molecule has 1 aromatic carbocycles. The number of hydrogen-bond acceptors (Lipinski definition) is 5. The van der Waals surface area contributed by atoms with Crippen molar-refractivity contribution in [2.45, 2.75) is 26.7 Å². The van der Waals surface area contributed by atoms with E-state index in [1.807, 2.05) is 36.6 Å². The molecule has 1 aromatic heterocycles. The van der Waals surface area contributed by atoms with Gasteiger partial charge in [-0.3, -0.25) is 0 Å². The zero-order valence-corrected chi connectivity index (χ0v) is 13.1. The van der Waals surface area contributed by atoms with Crippen LogP contribution < -0.4 is 4.74 Å². The smallest absolute Gasteiger partial charge is 0.344 e. The third-order valence-electron chi connectivity index (χ3n) is 2.84. The van der Waals surface area contributed by atoms with Crippen LogP contribution in [0.1, 0.15) is 25.5 Å². The Morgan fingerprint density at radius 3 is 2.67 bits per heavy atom. The van der Waals surface area contributed by atoms with E-state index in [4.69, 9.17) is 9.47 Å². The summed E-state index contributed by atoms with van der Waals surface area (Å²) in [5.41, 5.74) is 2.07. The van der Waals surface area contributed by atoms with E-state index in [2.05, 4.69) is 11.9 Å². The van der Waals surface area contributed by atoms with E-state index in [0.29, 0.717) is 12.4 Å². The van der Waals surface area contributed by atoms with Gasteiger partial charge in [-0.25, -0.2) is 9.78 Å². The standard InChI is InChI=1S/C16H19NO3S/c1-3-4-9-19-15(18)10-20-14-7-5-13(6-8-14)16-17-12(2)11-21-16/h5-8,11H,3-4,9-10H2,1-2H3. The van der Waals surface area contributed by atoms with Crippen LogP contribution >= 0.6 is 11.3 Å². The van der Waals surface area contributed by atoms with E-state index in [9.17, 15) is 4.79 Å². The van der Waals surface area contributed by atoms with Crippen LogP contribution in [0.4, 0.5) is 0 Å². The quantitative estimate of drug-likeness (QED) is 0.576. The van der Waals surface area contributed by atoms with Gasteiger partial charge < -0.3 is 9.47 Å². The van der Waals surface area contributed by atoms with Gasteiger partial charge in [0.1, 0.15) is 10.8 Å². The average molecular weight is 305 g/mol. The summed E-state index contributed by atoms with van der Waals surface area (Å²) in [6.45, 7) is 4.43. The predicted octanol–water partition coefficient (Wildman–Crippen LogP) is 3.84. The van der Waals surface area contributed by atoms with Crippen molar-refractivity contribution >= 4 is 17.3 Å². The fraction of sp³-hybridized carbons (Fsp3) is 0.375. The molecule has 0 atom stereocenters. The Morgan fingerprint density at radius 1 is 1.29 bits per heavy atom. The molecular weight excluding hydrogens is 286 g/mol. The van der Waals surface area contributed by atoms with E-state index < -0.39 is 0 Å². The van der Waals surface area contributed by atoms with E-state index >= 15 is 0 Å². The topological polar surface area (TPSA) is 48.4 Å². The van der Waals surface area contributed by atoms with Crippen molar-refractivity contribution < 1.29 is 14.3 Å². The molecule has 0 spiro atoms. The number of thiazole rings is 1. The van der Waals surface area contributed by atoms with Gasteiger partial charge >= 0.3 is 5.97 Å². The van der Waals surface area contributed by atoms with Crippen LogP contribution in [0.25, 0.3) is 10.6 Å². The summed E-state index contributed by atoms with van der Waals surface area (Å²) in [6.07, 6.45) is 1.89. The number of ether oxygens (including phenoxy) is 2. The highest BCUT2D eigenvalue weighted by molar-refractivity contribution is 7.13. The van der Waals surface area contributed by atoms with Crippen molar-refractivity contribution in [1.29, 1.82) is 0 Å². The maximum atomic E-state index is 11.4. The summed E-state index contributed by atoms with van der Waals surface area (Å²) < 4.78 is 10.4. The third kappa shape index (κ3) is 4.86. The summed E-state index contributed by atoms with van der Waals surface area (Å²) in [6, 6.07) is 7.56. The Morgan fingerprint density at radius 2 is 2.05 bits per heavy atom. The van der Waals surface area contributed by atoms with Crippen LogP contribution in [0, 0.1) is 6.92 Å². The highest BCUT2D eigenvalue weighted by Gasteiger charge is 2.05.